The number of thioether (sulfide) groups is 1. The molecule has 0 aliphatic rings. The Balaban J connectivity index is 2.70. The molecule has 0 saturated carbocycles. The number of pyridine rings is 1. The number of aliphatic hydroxyl groups excluding tert-OH is 2. The summed E-state index contributed by atoms with van der Waals surface area (Å²) in [6.07, 6.45) is -2.38. The lowest BCUT2D eigenvalue weighted by molar-refractivity contribution is -0.109. The predicted octanol–water partition coefficient (Wildman–Crippen LogP) is 1.11. The van der Waals surface area contributed by atoms with Crippen LogP contribution in [0.2, 0.25) is 5.15 Å². The van der Waals surface area contributed by atoms with Gasteiger partial charge in [-0.3, -0.25) is 4.79 Å². The van der Waals surface area contributed by atoms with E-state index in [0.717, 1.165) is 11.8 Å². The number of carbonyl (C=O) groups excluding carboxylic acids is 1. The fourth-order valence-corrected chi connectivity index (χ4v) is 1.85. The van der Waals surface area contributed by atoms with Gasteiger partial charge in [0.25, 0.3) is 0 Å². The Morgan fingerprint density at radius 3 is 2.71 bits per heavy atom. The van der Waals surface area contributed by atoms with Crippen molar-refractivity contribution in [3.8, 4) is 5.75 Å². The van der Waals surface area contributed by atoms with Crippen LogP contribution < -0.4 is 0 Å². The van der Waals surface area contributed by atoms with Gasteiger partial charge in [0.05, 0.1) is 11.8 Å². The highest BCUT2D eigenvalue weighted by molar-refractivity contribution is 8.13. The second-order valence-corrected chi connectivity index (χ2v) is 4.92. The molecule has 0 fully saturated rings. The van der Waals surface area contributed by atoms with Gasteiger partial charge in [0.15, 0.2) is 16.0 Å². The molecule has 1 aromatic rings. The predicted molar refractivity (Wildman–Crippen MR) is 65.0 cm³/mol. The monoisotopic (exact) mass is 277 g/mol. The van der Waals surface area contributed by atoms with Crippen LogP contribution in [0.25, 0.3) is 0 Å². The molecule has 17 heavy (non-hydrogen) atoms. The van der Waals surface area contributed by atoms with Gasteiger partial charge in [0.1, 0.15) is 6.10 Å². The molecule has 1 aromatic heterocycles. The highest BCUT2D eigenvalue weighted by atomic mass is 35.5. The van der Waals surface area contributed by atoms with E-state index in [1.165, 1.54) is 19.1 Å². The number of aromatic nitrogens is 1. The minimum atomic E-state index is -1.25. The first kappa shape index (κ1) is 14.2. The molecule has 0 spiro atoms. The second-order valence-electron chi connectivity index (χ2n) is 3.36. The minimum Gasteiger partial charge on any atom is -0.505 e. The van der Waals surface area contributed by atoms with Crippen molar-refractivity contribution in [1.29, 1.82) is 0 Å². The maximum Gasteiger partial charge on any atom is 0.185 e. The van der Waals surface area contributed by atoms with Crippen LogP contribution in [0.5, 0.6) is 5.75 Å². The van der Waals surface area contributed by atoms with Crippen LogP contribution in [0.15, 0.2) is 12.1 Å². The number of carbonyl (C=O) groups is 1. The van der Waals surface area contributed by atoms with Crippen molar-refractivity contribution in [2.45, 2.75) is 19.1 Å². The van der Waals surface area contributed by atoms with Crippen LogP contribution in [0, 0.1) is 0 Å². The Kier molecular flexibility index (Phi) is 5.20. The molecule has 0 aromatic carbocycles. The molecule has 7 heteroatoms. The van der Waals surface area contributed by atoms with Crippen molar-refractivity contribution in [2.75, 3.05) is 5.75 Å². The Hall–Kier alpha value is -0.820. The van der Waals surface area contributed by atoms with Gasteiger partial charge in [0, 0.05) is 12.7 Å². The number of rotatable bonds is 4. The molecule has 0 aliphatic carbocycles. The Bertz CT molecular complexity index is 415. The minimum absolute atomic E-state index is 0.0661. The van der Waals surface area contributed by atoms with Gasteiger partial charge in [0.2, 0.25) is 0 Å². The van der Waals surface area contributed by atoms with Gasteiger partial charge in [-0.2, -0.15) is 0 Å². The maximum absolute atomic E-state index is 10.7. The molecule has 94 valence electrons. The number of halogens is 1. The van der Waals surface area contributed by atoms with Crippen molar-refractivity contribution < 1.29 is 20.1 Å². The van der Waals surface area contributed by atoms with Crippen LogP contribution in [0.1, 0.15) is 18.7 Å². The third kappa shape index (κ3) is 4.16. The van der Waals surface area contributed by atoms with E-state index < -0.39 is 12.2 Å². The Morgan fingerprint density at radius 1 is 1.53 bits per heavy atom. The lowest BCUT2D eigenvalue weighted by atomic mass is 10.1. The lowest BCUT2D eigenvalue weighted by Gasteiger charge is -2.16. The zero-order valence-corrected chi connectivity index (χ0v) is 10.6. The van der Waals surface area contributed by atoms with Crippen LogP contribution in [0.3, 0.4) is 0 Å². The fraction of sp³-hybridized carbons (Fsp3) is 0.400. The van der Waals surface area contributed by atoms with Gasteiger partial charge in [-0.15, -0.1) is 0 Å². The normalized spacial score (nSPS) is 14.4. The largest absolute Gasteiger partial charge is 0.505 e. The summed E-state index contributed by atoms with van der Waals surface area (Å²) in [5.41, 5.74) is 0.143. The molecule has 5 nitrogen and oxygen atoms in total. The van der Waals surface area contributed by atoms with Gasteiger partial charge < -0.3 is 15.3 Å². The van der Waals surface area contributed by atoms with Gasteiger partial charge in [-0.05, 0) is 12.1 Å². The zero-order chi connectivity index (χ0) is 13.0. The summed E-state index contributed by atoms with van der Waals surface area (Å²) < 4.78 is 0. The van der Waals surface area contributed by atoms with E-state index in [-0.39, 0.29) is 27.5 Å². The summed E-state index contributed by atoms with van der Waals surface area (Å²) >= 11 is 6.49. The van der Waals surface area contributed by atoms with Crippen LogP contribution in [0.4, 0.5) is 0 Å². The van der Waals surface area contributed by atoms with Crippen molar-refractivity contribution in [2.24, 2.45) is 0 Å². The first-order chi connectivity index (χ1) is 7.91. The molecule has 2 unspecified atom stereocenters. The fourth-order valence-electron chi connectivity index (χ4n) is 1.10. The van der Waals surface area contributed by atoms with E-state index in [1.54, 1.807) is 0 Å². The summed E-state index contributed by atoms with van der Waals surface area (Å²) in [7, 11) is 0. The van der Waals surface area contributed by atoms with Crippen molar-refractivity contribution in [1.82, 2.24) is 4.98 Å². The van der Waals surface area contributed by atoms with E-state index in [4.69, 9.17) is 16.7 Å². The molecule has 1 heterocycles. The first-order valence-corrected chi connectivity index (χ1v) is 6.13. The first-order valence-electron chi connectivity index (χ1n) is 4.76. The Labute approximate surface area is 107 Å². The number of hydrogen-bond acceptors (Lipinski definition) is 6. The topological polar surface area (TPSA) is 90.7 Å². The number of hydrogen-bond donors (Lipinski definition) is 3. The summed E-state index contributed by atoms with van der Waals surface area (Å²) in [6, 6.07) is 2.63. The highest BCUT2D eigenvalue weighted by Gasteiger charge is 2.21. The molecule has 0 radical (unpaired) electrons. The maximum atomic E-state index is 10.7. The molecule has 0 aliphatic heterocycles. The number of aromatic hydroxyl groups is 1. The highest BCUT2D eigenvalue weighted by Crippen LogP contribution is 2.25. The number of nitrogens with zero attached hydrogens (tertiary/aromatic N) is 1. The average Bonchev–Trinajstić information content (AvgIpc) is 2.28. The Morgan fingerprint density at radius 2 is 2.18 bits per heavy atom. The van der Waals surface area contributed by atoms with Gasteiger partial charge in [-0.1, -0.05) is 23.4 Å². The molecular formula is C10H12ClNO4S. The third-order valence-corrected chi connectivity index (χ3v) is 3.17. The van der Waals surface area contributed by atoms with Gasteiger partial charge in [-0.25, -0.2) is 4.98 Å². The third-order valence-electron chi connectivity index (χ3n) is 1.98. The van der Waals surface area contributed by atoms with E-state index >= 15 is 0 Å². The number of aliphatic hydroxyl groups is 2. The summed E-state index contributed by atoms with van der Waals surface area (Å²) in [6.45, 7) is 1.37. The van der Waals surface area contributed by atoms with Crippen molar-refractivity contribution >= 4 is 28.5 Å². The second kappa shape index (κ2) is 6.20. The SMILES string of the molecule is CC(=O)SCC(O)C(O)c1ccc(O)c(Cl)n1. The molecule has 1 rings (SSSR count). The van der Waals surface area contributed by atoms with Crippen LogP contribution in [-0.2, 0) is 4.79 Å². The summed E-state index contributed by atoms with van der Waals surface area (Å²) in [5.74, 6) is -0.133. The van der Waals surface area contributed by atoms with Gasteiger partial charge >= 0.3 is 0 Å². The average molecular weight is 278 g/mol. The molecule has 0 bridgehead atoms. The van der Waals surface area contributed by atoms with E-state index in [9.17, 15) is 15.0 Å². The molecule has 0 saturated heterocycles. The summed E-state index contributed by atoms with van der Waals surface area (Å²) in [5, 5.41) is 28.2. The van der Waals surface area contributed by atoms with Crippen molar-refractivity contribution in [3.63, 3.8) is 0 Å². The van der Waals surface area contributed by atoms with Crippen LogP contribution >= 0.6 is 23.4 Å². The summed E-state index contributed by atoms with van der Waals surface area (Å²) in [4.78, 5) is 14.4. The lowest BCUT2D eigenvalue weighted by Crippen LogP contribution is -2.22. The standard InChI is InChI=1S/C10H12ClNO4S/c1-5(13)17-4-8(15)9(16)6-2-3-7(14)10(11)12-6/h2-3,8-9,14-16H,4H2,1H3. The van der Waals surface area contributed by atoms with E-state index in [0.29, 0.717) is 0 Å². The molecule has 2 atom stereocenters. The molecule has 0 amide bonds. The zero-order valence-electron chi connectivity index (χ0n) is 9.00. The molecule has 3 N–H and O–H groups in total. The van der Waals surface area contributed by atoms with Crippen LogP contribution in [-0.4, -0.2) is 37.3 Å². The van der Waals surface area contributed by atoms with E-state index in [2.05, 4.69) is 4.98 Å². The van der Waals surface area contributed by atoms with E-state index in [1.807, 2.05) is 0 Å². The smallest absolute Gasteiger partial charge is 0.185 e. The van der Waals surface area contributed by atoms with Crippen molar-refractivity contribution in [3.05, 3.63) is 23.0 Å². The molecular weight excluding hydrogens is 266 g/mol. The quantitative estimate of drug-likeness (QED) is 0.715.